The van der Waals surface area contributed by atoms with Crippen molar-refractivity contribution in [1.82, 2.24) is 19.7 Å². The highest BCUT2D eigenvalue weighted by molar-refractivity contribution is 6.02. The van der Waals surface area contributed by atoms with Gasteiger partial charge in [0.25, 0.3) is 0 Å². The molecule has 0 spiro atoms. The third-order valence-electron chi connectivity index (χ3n) is 6.02. The normalized spacial score (nSPS) is 20.7. The minimum atomic E-state index is -4.41. The Morgan fingerprint density at radius 1 is 1.25 bits per heavy atom. The van der Waals surface area contributed by atoms with E-state index in [4.69, 9.17) is 10.3 Å². The molecule has 0 unspecified atom stereocenters. The van der Waals surface area contributed by atoms with Gasteiger partial charge in [-0.25, -0.2) is 9.97 Å². The molecule has 148 valence electrons. The molecule has 2 atom stereocenters. The van der Waals surface area contributed by atoms with E-state index in [1.807, 2.05) is 0 Å². The van der Waals surface area contributed by atoms with Crippen molar-refractivity contribution < 1.29 is 17.7 Å². The van der Waals surface area contributed by atoms with Crippen LogP contribution in [0.5, 0.6) is 0 Å². The third-order valence-corrected chi connectivity index (χ3v) is 6.02. The summed E-state index contributed by atoms with van der Waals surface area (Å²) >= 11 is 0. The molecule has 9 heteroatoms. The van der Waals surface area contributed by atoms with E-state index in [0.717, 1.165) is 31.1 Å². The van der Waals surface area contributed by atoms with Gasteiger partial charge in [0.15, 0.2) is 0 Å². The zero-order valence-corrected chi connectivity index (χ0v) is 15.5. The first-order valence-corrected chi connectivity index (χ1v) is 9.48. The Labute approximate surface area is 158 Å². The highest BCUT2D eigenvalue weighted by Crippen LogP contribution is 2.51. The molecule has 3 aromatic rings. The molecule has 2 aliphatic carbocycles. The van der Waals surface area contributed by atoms with Gasteiger partial charge in [0.1, 0.15) is 35.3 Å². The lowest BCUT2D eigenvalue weighted by atomic mass is 9.94. The van der Waals surface area contributed by atoms with E-state index in [-0.39, 0.29) is 17.4 Å². The fraction of sp³-hybridized carbons (Fsp3) is 0.526. The van der Waals surface area contributed by atoms with Gasteiger partial charge in [0, 0.05) is 22.7 Å². The maximum Gasteiger partial charge on any atom is 0.408 e. The fourth-order valence-electron chi connectivity index (χ4n) is 4.37. The third kappa shape index (κ3) is 2.37. The van der Waals surface area contributed by atoms with E-state index in [2.05, 4.69) is 22.0 Å². The van der Waals surface area contributed by atoms with Gasteiger partial charge in [0.05, 0.1) is 5.39 Å². The van der Waals surface area contributed by atoms with Crippen LogP contribution in [-0.2, 0) is 6.42 Å². The minimum absolute atomic E-state index is 0.139. The van der Waals surface area contributed by atoms with Crippen LogP contribution in [0.4, 0.5) is 19.0 Å². The van der Waals surface area contributed by atoms with Crippen LogP contribution in [0.25, 0.3) is 22.3 Å². The molecule has 0 amide bonds. The number of fused-ring (bicyclic) bond motifs is 5. The lowest BCUT2D eigenvalue weighted by Gasteiger charge is -2.21. The summed E-state index contributed by atoms with van der Waals surface area (Å²) in [4.78, 5) is 8.21. The first-order valence-electron chi connectivity index (χ1n) is 9.48. The molecule has 28 heavy (non-hydrogen) atoms. The Balaban J connectivity index is 1.87. The largest absolute Gasteiger partial charge is 0.408 e. The zero-order chi connectivity index (χ0) is 19.8. The van der Waals surface area contributed by atoms with Crippen molar-refractivity contribution in [3.05, 3.63) is 23.3 Å². The minimum Gasteiger partial charge on any atom is -0.383 e. The van der Waals surface area contributed by atoms with Crippen LogP contribution in [0, 0.1) is 0 Å². The van der Waals surface area contributed by atoms with Crippen LogP contribution in [0.1, 0.15) is 68.0 Å². The maximum atomic E-state index is 13.7. The molecular weight excluding hydrogens is 371 g/mol. The summed E-state index contributed by atoms with van der Waals surface area (Å²) in [5.74, 6) is 1.53. The van der Waals surface area contributed by atoms with Crippen molar-refractivity contribution in [2.24, 2.45) is 0 Å². The second-order valence-electron chi connectivity index (χ2n) is 7.89. The Morgan fingerprint density at radius 3 is 2.68 bits per heavy atom. The van der Waals surface area contributed by atoms with Crippen LogP contribution >= 0.6 is 0 Å². The van der Waals surface area contributed by atoms with Crippen molar-refractivity contribution >= 4 is 16.9 Å². The van der Waals surface area contributed by atoms with Gasteiger partial charge < -0.3 is 14.8 Å². The van der Waals surface area contributed by atoms with E-state index in [1.54, 1.807) is 0 Å². The number of anilines is 1. The molecule has 0 radical (unpaired) electrons. The molecular formula is C19H20F3N5O. The van der Waals surface area contributed by atoms with Gasteiger partial charge in [-0.1, -0.05) is 12.1 Å². The fourth-order valence-corrected chi connectivity index (χ4v) is 4.37. The number of aromatic nitrogens is 4. The second kappa shape index (κ2) is 5.71. The number of nitrogens with zero attached hydrogens (tertiary/aromatic N) is 4. The summed E-state index contributed by atoms with van der Waals surface area (Å²) < 4.78 is 48.0. The van der Waals surface area contributed by atoms with Crippen LogP contribution < -0.4 is 5.73 Å². The summed E-state index contributed by atoms with van der Waals surface area (Å²) in [6.07, 6.45) is 0.0860. The van der Waals surface area contributed by atoms with Crippen molar-refractivity contribution in [3.63, 3.8) is 0 Å². The van der Waals surface area contributed by atoms with Crippen molar-refractivity contribution in [1.29, 1.82) is 0 Å². The molecule has 3 aromatic heterocycles. The number of rotatable bonds is 2. The lowest BCUT2D eigenvalue weighted by Crippen LogP contribution is -2.25. The smallest absolute Gasteiger partial charge is 0.383 e. The predicted molar refractivity (Wildman–Crippen MR) is 96.9 cm³/mol. The number of hydrogen-bond acceptors (Lipinski definition) is 5. The molecule has 0 saturated heterocycles. The van der Waals surface area contributed by atoms with Gasteiger partial charge >= 0.3 is 6.18 Å². The molecule has 3 heterocycles. The lowest BCUT2D eigenvalue weighted by molar-refractivity contribution is -0.162. The monoisotopic (exact) mass is 391 g/mol. The second-order valence-corrected chi connectivity index (χ2v) is 7.89. The number of alkyl halides is 3. The van der Waals surface area contributed by atoms with E-state index in [9.17, 15) is 13.2 Å². The Kier molecular flexibility index (Phi) is 3.57. The zero-order valence-electron chi connectivity index (χ0n) is 15.5. The summed E-state index contributed by atoms with van der Waals surface area (Å²) in [5, 5.41) is 4.75. The topological polar surface area (TPSA) is 82.8 Å². The molecule has 2 N–H and O–H groups in total. The predicted octanol–water partition coefficient (Wildman–Crippen LogP) is 4.72. The maximum absolute atomic E-state index is 13.7. The number of nitrogen functional groups attached to an aromatic ring is 1. The van der Waals surface area contributed by atoms with Gasteiger partial charge in [-0.3, -0.25) is 0 Å². The van der Waals surface area contributed by atoms with Crippen LogP contribution in [-0.4, -0.2) is 25.9 Å². The summed E-state index contributed by atoms with van der Waals surface area (Å²) in [6, 6.07) is -1.74. The van der Waals surface area contributed by atoms with Crippen molar-refractivity contribution in [2.45, 2.75) is 63.6 Å². The highest BCUT2D eigenvalue weighted by atomic mass is 19.4. The number of nitrogens with two attached hydrogens (primary N) is 1. The molecule has 1 saturated carbocycles. The number of hydrogen-bond donors (Lipinski definition) is 1. The average molecular weight is 391 g/mol. The van der Waals surface area contributed by atoms with Gasteiger partial charge in [-0.2, -0.15) is 13.2 Å². The van der Waals surface area contributed by atoms with Crippen molar-refractivity contribution in [2.75, 3.05) is 5.73 Å². The standard InChI is InChI=1S/C19H20F3N5O/c1-8-3-6-11-13(15-12(8)16(28-26-15)10-4-5-10)14-17(23)24-7-25-18(14)27(11)9(2)19(20,21)22/h7-10H,3-6H2,1-2H3,(H2,23,24,25)/t8-,9-/m1/s1. The summed E-state index contributed by atoms with van der Waals surface area (Å²) in [7, 11) is 0. The van der Waals surface area contributed by atoms with E-state index in [1.165, 1.54) is 10.9 Å². The molecule has 5 rings (SSSR count). The van der Waals surface area contributed by atoms with Gasteiger partial charge in [-0.15, -0.1) is 0 Å². The Hall–Kier alpha value is -2.58. The molecule has 1 fully saturated rings. The number of halogens is 3. The molecule has 0 aromatic carbocycles. The Morgan fingerprint density at radius 2 is 2.00 bits per heavy atom. The average Bonchev–Trinajstić information content (AvgIpc) is 3.32. The highest BCUT2D eigenvalue weighted by Gasteiger charge is 2.43. The Bertz CT molecular complexity index is 1080. The SMILES string of the molecule is C[C@@H]1CCc2c(c3c(N)ncnc3n2[C@H](C)C(F)(F)F)-c2noc(C3CC3)c21. The van der Waals surface area contributed by atoms with Crippen LogP contribution in [0.2, 0.25) is 0 Å². The molecule has 0 aliphatic heterocycles. The molecule has 0 bridgehead atoms. The quantitative estimate of drug-likeness (QED) is 0.684. The van der Waals surface area contributed by atoms with Crippen molar-refractivity contribution in [3.8, 4) is 11.3 Å². The van der Waals surface area contributed by atoms with E-state index < -0.39 is 12.2 Å². The van der Waals surface area contributed by atoms with Crippen LogP contribution in [0.15, 0.2) is 10.9 Å². The van der Waals surface area contributed by atoms with E-state index in [0.29, 0.717) is 41.1 Å². The van der Waals surface area contributed by atoms with Crippen LogP contribution in [0.3, 0.4) is 0 Å². The van der Waals surface area contributed by atoms with E-state index >= 15 is 0 Å². The first kappa shape index (κ1) is 17.5. The van der Waals surface area contributed by atoms with Gasteiger partial charge in [-0.05, 0) is 38.5 Å². The molecule has 6 nitrogen and oxygen atoms in total. The van der Waals surface area contributed by atoms with Gasteiger partial charge in [0.2, 0.25) is 0 Å². The summed E-state index contributed by atoms with van der Waals surface area (Å²) in [5.41, 5.74) is 9.06. The molecule has 2 aliphatic rings. The summed E-state index contributed by atoms with van der Waals surface area (Å²) in [6.45, 7) is 3.22. The first-order chi connectivity index (χ1) is 13.3.